The maximum atomic E-state index is 12.4. The second kappa shape index (κ2) is 7.48. The van der Waals surface area contributed by atoms with Gasteiger partial charge in [0.25, 0.3) is 5.91 Å². The zero-order valence-corrected chi connectivity index (χ0v) is 15.4. The Morgan fingerprint density at radius 1 is 1.28 bits per heavy atom. The van der Waals surface area contributed by atoms with E-state index in [9.17, 15) is 4.79 Å². The first-order chi connectivity index (χ1) is 12.1. The van der Waals surface area contributed by atoms with Gasteiger partial charge in [-0.25, -0.2) is 0 Å². The highest BCUT2D eigenvalue weighted by Gasteiger charge is 2.12. The van der Waals surface area contributed by atoms with Gasteiger partial charge in [0.05, 0.1) is 18.4 Å². The minimum Gasteiger partial charge on any atom is -0.497 e. The summed E-state index contributed by atoms with van der Waals surface area (Å²) in [4.78, 5) is 16.7. The van der Waals surface area contributed by atoms with Crippen LogP contribution >= 0.6 is 15.9 Å². The highest BCUT2D eigenvalue weighted by atomic mass is 79.9. The molecule has 1 aromatic carbocycles. The fourth-order valence-electron chi connectivity index (χ4n) is 2.46. The van der Waals surface area contributed by atoms with E-state index < -0.39 is 0 Å². The van der Waals surface area contributed by atoms with Gasteiger partial charge in [-0.2, -0.15) is 5.10 Å². The normalized spacial score (nSPS) is 10.5. The molecule has 0 aliphatic heterocycles. The predicted octanol–water partition coefficient (Wildman–Crippen LogP) is 3.18. The largest absolute Gasteiger partial charge is 0.497 e. The van der Waals surface area contributed by atoms with Crippen molar-refractivity contribution in [3.05, 3.63) is 64.5 Å². The molecule has 0 unspecified atom stereocenters. The van der Waals surface area contributed by atoms with Crippen LogP contribution in [0.3, 0.4) is 0 Å². The number of halogens is 1. The van der Waals surface area contributed by atoms with Gasteiger partial charge in [0.2, 0.25) is 0 Å². The lowest BCUT2D eigenvalue weighted by molar-refractivity contribution is 0.0949. The quantitative estimate of drug-likeness (QED) is 0.713. The van der Waals surface area contributed by atoms with Crippen LogP contribution in [0.4, 0.5) is 0 Å². The number of pyridine rings is 1. The molecule has 128 valence electrons. The number of nitrogens with zero attached hydrogens (tertiary/aromatic N) is 3. The molecule has 1 N–H and O–H groups in total. The topological polar surface area (TPSA) is 69.0 Å². The van der Waals surface area contributed by atoms with Crippen LogP contribution in [0.2, 0.25) is 0 Å². The van der Waals surface area contributed by atoms with Crippen molar-refractivity contribution in [2.45, 2.75) is 6.54 Å². The Balaban J connectivity index is 1.74. The van der Waals surface area contributed by atoms with Crippen molar-refractivity contribution < 1.29 is 9.53 Å². The molecule has 0 fully saturated rings. The average Bonchev–Trinajstić information content (AvgIpc) is 3.06. The van der Waals surface area contributed by atoms with Crippen molar-refractivity contribution in [1.82, 2.24) is 20.1 Å². The zero-order chi connectivity index (χ0) is 17.8. The summed E-state index contributed by atoms with van der Waals surface area (Å²) in [5, 5.41) is 7.07. The Bertz CT molecular complexity index is 908. The van der Waals surface area contributed by atoms with Crippen LogP contribution < -0.4 is 10.1 Å². The Morgan fingerprint density at radius 3 is 2.84 bits per heavy atom. The van der Waals surface area contributed by atoms with E-state index in [2.05, 4.69) is 31.3 Å². The van der Waals surface area contributed by atoms with Gasteiger partial charge in [0.1, 0.15) is 5.75 Å². The molecule has 25 heavy (non-hydrogen) atoms. The van der Waals surface area contributed by atoms with Crippen LogP contribution in [0.1, 0.15) is 15.9 Å². The van der Waals surface area contributed by atoms with E-state index in [0.29, 0.717) is 22.3 Å². The number of aryl methyl sites for hydroxylation is 1. The lowest BCUT2D eigenvalue weighted by atomic mass is 10.1. The van der Waals surface area contributed by atoms with Gasteiger partial charge in [0, 0.05) is 42.2 Å². The molecule has 2 heterocycles. The van der Waals surface area contributed by atoms with Gasteiger partial charge in [0.15, 0.2) is 0 Å². The second-order valence-corrected chi connectivity index (χ2v) is 6.30. The first-order valence-electron chi connectivity index (χ1n) is 7.62. The SMILES string of the molecule is COc1ccc(Br)c(C(=O)NCc2cncc(-c3ccnn3C)c2)c1. The number of hydrogen-bond acceptors (Lipinski definition) is 4. The summed E-state index contributed by atoms with van der Waals surface area (Å²) in [6.45, 7) is 0.376. The molecule has 0 saturated carbocycles. The number of carbonyl (C=O) groups is 1. The Labute approximate surface area is 154 Å². The highest BCUT2D eigenvalue weighted by molar-refractivity contribution is 9.10. The Morgan fingerprint density at radius 2 is 2.12 bits per heavy atom. The Hall–Kier alpha value is -2.67. The van der Waals surface area contributed by atoms with Gasteiger partial charge >= 0.3 is 0 Å². The first-order valence-corrected chi connectivity index (χ1v) is 8.42. The van der Waals surface area contributed by atoms with Crippen LogP contribution in [-0.4, -0.2) is 27.8 Å². The molecule has 0 atom stereocenters. The molecule has 1 amide bonds. The average molecular weight is 401 g/mol. The molecule has 3 rings (SSSR count). The standard InChI is InChI=1S/C18H17BrN4O2/c1-23-17(5-6-22-23)13-7-12(9-20-11-13)10-21-18(24)15-8-14(25-2)3-4-16(15)19/h3-9,11H,10H2,1-2H3,(H,21,24). The number of nitrogens with one attached hydrogen (secondary N) is 1. The summed E-state index contributed by atoms with van der Waals surface area (Å²) >= 11 is 3.39. The van der Waals surface area contributed by atoms with E-state index in [4.69, 9.17) is 4.74 Å². The maximum absolute atomic E-state index is 12.4. The minimum absolute atomic E-state index is 0.184. The van der Waals surface area contributed by atoms with Crippen molar-refractivity contribution in [3.63, 3.8) is 0 Å². The highest BCUT2D eigenvalue weighted by Crippen LogP contribution is 2.23. The number of rotatable bonds is 5. The molecule has 0 aliphatic rings. The van der Waals surface area contributed by atoms with Gasteiger partial charge in [-0.3, -0.25) is 14.5 Å². The van der Waals surface area contributed by atoms with Crippen molar-refractivity contribution in [3.8, 4) is 17.0 Å². The number of benzene rings is 1. The predicted molar refractivity (Wildman–Crippen MR) is 98.3 cm³/mol. The van der Waals surface area contributed by atoms with Gasteiger partial charge in [-0.05, 0) is 51.8 Å². The van der Waals surface area contributed by atoms with Crippen LogP contribution in [0.25, 0.3) is 11.3 Å². The summed E-state index contributed by atoms with van der Waals surface area (Å²) in [6.07, 6.45) is 5.26. The van der Waals surface area contributed by atoms with Crippen molar-refractivity contribution in [2.75, 3.05) is 7.11 Å². The van der Waals surface area contributed by atoms with Crippen LogP contribution in [0.5, 0.6) is 5.75 Å². The number of hydrogen-bond donors (Lipinski definition) is 1. The summed E-state index contributed by atoms with van der Waals surface area (Å²) in [5.74, 6) is 0.449. The molecule has 0 saturated heterocycles. The lowest BCUT2D eigenvalue weighted by Gasteiger charge is -2.09. The van der Waals surface area contributed by atoms with Crippen LogP contribution in [0, 0.1) is 0 Å². The Kier molecular flexibility index (Phi) is 5.14. The van der Waals surface area contributed by atoms with Crippen molar-refractivity contribution in [2.24, 2.45) is 7.05 Å². The van der Waals surface area contributed by atoms with E-state index >= 15 is 0 Å². The van der Waals surface area contributed by atoms with Gasteiger partial charge < -0.3 is 10.1 Å². The molecule has 3 aromatic rings. The monoisotopic (exact) mass is 400 g/mol. The number of carbonyl (C=O) groups excluding carboxylic acids is 1. The molecular formula is C18H17BrN4O2. The molecule has 0 spiro atoms. The van der Waals surface area contributed by atoms with Gasteiger partial charge in [-0.15, -0.1) is 0 Å². The van der Waals surface area contributed by atoms with Crippen LogP contribution in [0.15, 0.2) is 53.4 Å². The molecule has 0 aliphatic carbocycles. The number of amides is 1. The van der Waals surface area contributed by atoms with E-state index in [-0.39, 0.29) is 5.91 Å². The van der Waals surface area contributed by atoms with E-state index in [0.717, 1.165) is 16.8 Å². The smallest absolute Gasteiger partial charge is 0.252 e. The number of methoxy groups -OCH3 is 1. The van der Waals surface area contributed by atoms with E-state index in [1.807, 2.05) is 19.2 Å². The minimum atomic E-state index is -0.184. The maximum Gasteiger partial charge on any atom is 0.252 e. The lowest BCUT2D eigenvalue weighted by Crippen LogP contribution is -2.23. The zero-order valence-electron chi connectivity index (χ0n) is 13.9. The van der Waals surface area contributed by atoms with E-state index in [1.165, 1.54) is 0 Å². The fraction of sp³-hybridized carbons (Fsp3) is 0.167. The van der Waals surface area contributed by atoms with Crippen LogP contribution in [-0.2, 0) is 13.6 Å². The third kappa shape index (κ3) is 3.88. The summed E-state index contributed by atoms with van der Waals surface area (Å²) in [6, 6.07) is 9.20. The molecule has 0 radical (unpaired) electrons. The first kappa shape index (κ1) is 17.2. The number of aromatic nitrogens is 3. The summed E-state index contributed by atoms with van der Waals surface area (Å²) in [7, 11) is 3.45. The van der Waals surface area contributed by atoms with Crippen molar-refractivity contribution in [1.29, 1.82) is 0 Å². The summed E-state index contributed by atoms with van der Waals surface area (Å²) in [5.41, 5.74) is 3.35. The molecule has 0 bridgehead atoms. The second-order valence-electron chi connectivity index (χ2n) is 5.45. The molecule has 2 aromatic heterocycles. The van der Waals surface area contributed by atoms with E-state index in [1.54, 1.807) is 48.6 Å². The molecule has 7 heteroatoms. The van der Waals surface area contributed by atoms with Gasteiger partial charge in [-0.1, -0.05) is 0 Å². The molecule has 6 nitrogen and oxygen atoms in total. The molecular weight excluding hydrogens is 384 g/mol. The van der Waals surface area contributed by atoms with Crippen molar-refractivity contribution >= 4 is 21.8 Å². The fourth-order valence-corrected chi connectivity index (χ4v) is 2.89. The third-order valence-electron chi connectivity index (χ3n) is 3.78. The number of ether oxygens (including phenoxy) is 1. The summed E-state index contributed by atoms with van der Waals surface area (Å²) < 4.78 is 7.67. The third-order valence-corrected chi connectivity index (χ3v) is 4.47.